The molecule has 0 spiro atoms. The summed E-state index contributed by atoms with van der Waals surface area (Å²) in [5.41, 5.74) is 1.19. The molecule has 2 aromatic carbocycles. The first-order valence-electron chi connectivity index (χ1n) is 8.43. The van der Waals surface area contributed by atoms with Crippen LogP contribution in [0.4, 0.5) is 11.4 Å². The third-order valence-corrected chi connectivity index (χ3v) is 4.07. The fraction of sp³-hybridized carbons (Fsp3) is 0.263. The number of rotatable bonds is 9. The number of hydrogen-bond acceptors (Lipinski definition) is 5. The number of carboxylic acid groups (broad SMARTS) is 1. The summed E-state index contributed by atoms with van der Waals surface area (Å²) in [6, 6.07) is 13.3. The van der Waals surface area contributed by atoms with E-state index < -0.39 is 16.8 Å². The van der Waals surface area contributed by atoms with Gasteiger partial charge >= 0.3 is 5.97 Å². The SMILES string of the molecule is CNC(=O)c1ccc(NC(CCC(=O)O)Cc2ccccc2)c([N+](=O)[O-])c1. The second-order valence-electron chi connectivity index (χ2n) is 6.03. The van der Waals surface area contributed by atoms with Crippen LogP contribution >= 0.6 is 0 Å². The summed E-state index contributed by atoms with van der Waals surface area (Å²) in [5, 5.41) is 25.9. The lowest BCUT2D eigenvalue weighted by Crippen LogP contribution is -2.24. The Labute approximate surface area is 156 Å². The van der Waals surface area contributed by atoms with Gasteiger partial charge in [-0.1, -0.05) is 30.3 Å². The van der Waals surface area contributed by atoms with Crippen molar-refractivity contribution in [3.05, 3.63) is 69.8 Å². The van der Waals surface area contributed by atoms with Gasteiger partial charge in [0.25, 0.3) is 11.6 Å². The van der Waals surface area contributed by atoms with Crippen LogP contribution in [0.2, 0.25) is 0 Å². The zero-order valence-corrected chi connectivity index (χ0v) is 14.8. The van der Waals surface area contributed by atoms with Crippen molar-refractivity contribution in [2.45, 2.75) is 25.3 Å². The normalized spacial score (nSPS) is 11.4. The molecule has 0 aromatic heterocycles. The molecule has 1 amide bonds. The summed E-state index contributed by atoms with van der Waals surface area (Å²) in [5.74, 6) is -1.35. The predicted octanol–water partition coefficient (Wildman–Crippen LogP) is 2.84. The van der Waals surface area contributed by atoms with E-state index in [1.54, 1.807) is 0 Å². The van der Waals surface area contributed by atoms with Crippen LogP contribution in [-0.2, 0) is 11.2 Å². The van der Waals surface area contributed by atoms with Crippen molar-refractivity contribution in [3.8, 4) is 0 Å². The van der Waals surface area contributed by atoms with E-state index in [0.717, 1.165) is 5.56 Å². The molecule has 0 radical (unpaired) electrons. The first-order valence-corrected chi connectivity index (χ1v) is 8.43. The lowest BCUT2D eigenvalue weighted by atomic mass is 10.0. The minimum Gasteiger partial charge on any atom is -0.481 e. The molecule has 8 nitrogen and oxygen atoms in total. The maximum Gasteiger partial charge on any atom is 0.303 e. The Bertz CT molecular complexity index is 823. The molecule has 0 saturated heterocycles. The molecule has 2 aromatic rings. The number of anilines is 1. The molecule has 0 bridgehead atoms. The molecule has 1 atom stereocenters. The van der Waals surface area contributed by atoms with Crippen LogP contribution in [0, 0.1) is 10.1 Å². The molecule has 0 aliphatic heterocycles. The largest absolute Gasteiger partial charge is 0.481 e. The number of carbonyl (C=O) groups excluding carboxylic acids is 1. The second kappa shape index (κ2) is 9.33. The summed E-state index contributed by atoms with van der Waals surface area (Å²) in [6.07, 6.45) is 0.760. The zero-order chi connectivity index (χ0) is 19.8. The topological polar surface area (TPSA) is 122 Å². The number of nitrogens with zero attached hydrogens (tertiary/aromatic N) is 1. The molecule has 1 unspecified atom stereocenters. The zero-order valence-electron chi connectivity index (χ0n) is 14.8. The molecule has 27 heavy (non-hydrogen) atoms. The van der Waals surface area contributed by atoms with Crippen LogP contribution in [0.25, 0.3) is 0 Å². The van der Waals surface area contributed by atoms with E-state index in [1.807, 2.05) is 30.3 Å². The highest BCUT2D eigenvalue weighted by atomic mass is 16.6. The highest BCUT2D eigenvalue weighted by Crippen LogP contribution is 2.27. The van der Waals surface area contributed by atoms with Crippen molar-refractivity contribution in [2.75, 3.05) is 12.4 Å². The Morgan fingerprint density at radius 3 is 2.48 bits per heavy atom. The number of aliphatic carboxylic acids is 1. The van der Waals surface area contributed by atoms with Crippen molar-refractivity contribution in [2.24, 2.45) is 0 Å². The van der Waals surface area contributed by atoms with E-state index in [-0.39, 0.29) is 29.4 Å². The number of nitro benzene ring substituents is 1. The quantitative estimate of drug-likeness (QED) is 0.460. The highest BCUT2D eigenvalue weighted by molar-refractivity contribution is 5.95. The first kappa shape index (κ1) is 19.9. The fourth-order valence-corrected chi connectivity index (χ4v) is 2.73. The van der Waals surface area contributed by atoms with Gasteiger partial charge in [-0.3, -0.25) is 19.7 Å². The van der Waals surface area contributed by atoms with Crippen molar-refractivity contribution < 1.29 is 19.6 Å². The Hall–Kier alpha value is -3.42. The first-order chi connectivity index (χ1) is 12.9. The molecule has 3 N–H and O–H groups in total. The maximum atomic E-state index is 11.7. The average molecular weight is 371 g/mol. The van der Waals surface area contributed by atoms with E-state index in [4.69, 9.17) is 5.11 Å². The summed E-state index contributed by atoms with van der Waals surface area (Å²) in [4.78, 5) is 33.5. The van der Waals surface area contributed by atoms with Gasteiger partial charge in [0, 0.05) is 31.1 Å². The van der Waals surface area contributed by atoms with E-state index in [1.165, 1.54) is 25.2 Å². The number of nitrogens with one attached hydrogen (secondary N) is 2. The van der Waals surface area contributed by atoms with Crippen LogP contribution in [0.15, 0.2) is 48.5 Å². The van der Waals surface area contributed by atoms with Crippen molar-refractivity contribution in [1.29, 1.82) is 0 Å². The number of nitro groups is 1. The number of benzene rings is 2. The number of hydrogen-bond donors (Lipinski definition) is 3. The van der Waals surface area contributed by atoms with Gasteiger partial charge in [-0.2, -0.15) is 0 Å². The van der Waals surface area contributed by atoms with Gasteiger partial charge in [0.05, 0.1) is 4.92 Å². The summed E-state index contributed by atoms with van der Waals surface area (Å²) >= 11 is 0. The Morgan fingerprint density at radius 1 is 1.19 bits per heavy atom. The minimum atomic E-state index is -0.931. The second-order valence-corrected chi connectivity index (χ2v) is 6.03. The Morgan fingerprint density at radius 2 is 1.89 bits per heavy atom. The van der Waals surface area contributed by atoms with Gasteiger partial charge in [0.15, 0.2) is 0 Å². The van der Waals surface area contributed by atoms with Crippen LogP contribution in [-0.4, -0.2) is 35.0 Å². The lowest BCUT2D eigenvalue weighted by Gasteiger charge is -2.20. The molecular weight excluding hydrogens is 350 g/mol. The van der Waals surface area contributed by atoms with Gasteiger partial charge in [0.2, 0.25) is 0 Å². The number of amides is 1. The van der Waals surface area contributed by atoms with Crippen LogP contribution < -0.4 is 10.6 Å². The smallest absolute Gasteiger partial charge is 0.303 e. The van der Waals surface area contributed by atoms with Gasteiger partial charge in [-0.25, -0.2) is 0 Å². The standard InChI is InChI=1S/C19H21N3O5/c1-20-19(25)14-7-9-16(17(12-14)22(26)27)21-15(8-10-18(23)24)11-13-5-3-2-4-6-13/h2-7,9,12,15,21H,8,10-11H2,1H3,(H,20,25)(H,23,24). The lowest BCUT2D eigenvalue weighted by molar-refractivity contribution is -0.384. The molecule has 0 aliphatic carbocycles. The van der Waals surface area contributed by atoms with Gasteiger partial charge in [-0.05, 0) is 30.5 Å². The number of carbonyl (C=O) groups is 2. The van der Waals surface area contributed by atoms with Crippen LogP contribution in [0.3, 0.4) is 0 Å². The van der Waals surface area contributed by atoms with Gasteiger partial charge in [0.1, 0.15) is 5.69 Å². The van der Waals surface area contributed by atoms with Crippen molar-refractivity contribution in [1.82, 2.24) is 5.32 Å². The van der Waals surface area contributed by atoms with E-state index in [2.05, 4.69) is 10.6 Å². The van der Waals surface area contributed by atoms with Gasteiger partial charge in [-0.15, -0.1) is 0 Å². The molecule has 2 rings (SSSR count). The van der Waals surface area contributed by atoms with E-state index in [9.17, 15) is 19.7 Å². The maximum absolute atomic E-state index is 11.7. The molecule has 8 heteroatoms. The molecule has 0 heterocycles. The van der Waals surface area contributed by atoms with Crippen molar-refractivity contribution in [3.63, 3.8) is 0 Å². The van der Waals surface area contributed by atoms with Crippen LogP contribution in [0.1, 0.15) is 28.8 Å². The third kappa shape index (κ3) is 5.81. The third-order valence-electron chi connectivity index (χ3n) is 4.07. The molecular formula is C19H21N3O5. The predicted molar refractivity (Wildman–Crippen MR) is 101 cm³/mol. The average Bonchev–Trinajstić information content (AvgIpc) is 2.66. The molecule has 0 fully saturated rings. The minimum absolute atomic E-state index is 0.0609. The van der Waals surface area contributed by atoms with Gasteiger partial charge < -0.3 is 15.7 Å². The Kier molecular flexibility index (Phi) is 6.87. The highest BCUT2D eigenvalue weighted by Gasteiger charge is 2.20. The van der Waals surface area contributed by atoms with E-state index in [0.29, 0.717) is 12.8 Å². The van der Waals surface area contributed by atoms with Crippen molar-refractivity contribution >= 4 is 23.3 Å². The molecule has 0 aliphatic rings. The fourth-order valence-electron chi connectivity index (χ4n) is 2.73. The number of carboxylic acids is 1. The summed E-state index contributed by atoms with van der Waals surface area (Å²) in [7, 11) is 1.45. The molecule has 142 valence electrons. The summed E-state index contributed by atoms with van der Waals surface area (Å²) < 4.78 is 0. The van der Waals surface area contributed by atoms with E-state index >= 15 is 0 Å². The molecule has 0 saturated carbocycles. The van der Waals surface area contributed by atoms with Crippen LogP contribution in [0.5, 0.6) is 0 Å². The summed E-state index contributed by atoms with van der Waals surface area (Å²) in [6.45, 7) is 0. The monoisotopic (exact) mass is 371 g/mol. The Balaban J connectivity index is 2.27.